The van der Waals surface area contributed by atoms with E-state index in [0.717, 1.165) is 0 Å². The van der Waals surface area contributed by atoms with Gasteiger partial charge < -0.3 is 18.9 Å². The van der Waals surface area contributed by atoms with E-state index in [1.807, 2.05) is 6.07 Å². The van der Waals surface area contributed by atoms with Crippen molar-refractivity contribution in [3.8, 4) is 11.6 Å². The number of rotatable bonds is 2. The minimum atomic E-state index is -3.67. The zero-order chi connectivity index (χ0) is 19.8. The molecular formula is C19H21N3O5S. The van der Waals surface area contributed by atoms with E-state index in [0.29, 0.717) is 37.2 Å². The number of hydrogen-bond donors (Lipinski definition) is 1. The van der Waals surface area contributed by atoms with Crippen LogP contribution >= 0.6 is 0 Å². The summed E-state index contributed by atoms with van der Waals surface area (Å²) in [5, 5.41) is 0. The number of para-hydroxylation sites is 1. The van der Waals surface area contributed by atoms with Crippen molar-refractivity contribution in [2.75, 3.05) is 26.7 Å². The molecule has 2 aliphatic heterocycles. The fraction of sp³-hybridized carbons (Fsp3) is 0.368. The summed E-state index contributed by atoms with van der Waals surface area (Å²) in [5.74, 6) is 0.529. The molecule has 0 saturated carbocycles. The summed E-state index contributed by atoms with van der Waals surface area (Å²) >= 11 is 0. The van der Waals surface area contributed by atoms with Crippen LogP contribution in [0.4, 0.5) is 0 Å². The van der Waals surface area contributed by atoms with Crippen LogP contribution in [-0.4, -0.2) is 52.7 Å². The molecule has 1 N–H and O–H groups in total. The van der Waals surface area contributed by atoms with Gasteiger partial charge in [0.25, 0.3) is 11.8 Å². The molecule has 1 atom stereocenters. The molecule has 0 bridgehead atoms. The normalized spacial score (nSPS) is 23.4. The quantitative estimate of drug-likeness (QED) is 0.765. The summed E-state index contributed by atoms with van der Waals surface area (Å²) in [6.07, 6.45) is 2.49. The van der Waals surface area contributed by atoms with Gasteiger partial charge in [0.2, 0.25) is 4.90 Å². The molecule has 9 heteroatoms. The fourth-order valence-electron chi connectivity index (χ4n) is 3.59. The Bertz CT molecular complexity index is 943. The fourth-order valence-corrected chi connectivity index (χ4v) is 4.78. The number of aromatic nitrogens is 1. The van der Waals surface area contributed by atoms with Crippen LogP contribution in [0.5, 0.6) is 11.6 Å². The highest BCUT2D eigenvalue weighted by Crippen LogP contribution is 2.36. The van der Waals surface area contributed by atoms with Gasteiger partial charge in [-0.2, -0.15) is 0 Å². The highest BCUT2D eigenvalue weighted by molar-refractivity contribution is 7.95. The molecule has 28 heavy (non-hydrogen) atoms. The van der Waals surface area contributed by atoms with Crippen LogP contribution < -0.4 is 14.2 Å². The molecule has 4 rings (SSSR count). The van der Waals surface area contributed by atoms with Crippen molar-refractivity contribution in [3.63, 3.8) is 0 Å². The van der Waals surface area contributed by atoms with Gasteiger partial charge in [-0.3, -0.25) is 4.79 Å². The minimum Gasteiger partial charge on any atom is -0.593 e. The monoisotopic (exact) mass is 403 g/mol. The number of sulfonamides is 1. The molecule has 0 radical (unpaired) electrons. The van der Waals surface area contributed by atoms with E-state index in [4.69, 9.17) is 9.47 Å². The largest absolute Gasteiger partial charge is 0.593 e. The number of carbonyl (C=O) groups excluding carboxylic acids is 1. The van der Waals surface area contributed by atoms with Crippen LogP contribution in [0.15, 0.2) is 47.5 Å². The van der Waals surface area contributed by atoms with Gasteiger partial charge in [-0.05, 0) is 18.2 Å². The van der Waals surface area contributed by atoms with Crippen LogP contribution in [0.1, 0.15) is 23.2 Å². The van der Waals surface area contributed by atoms with Gasteiger partial charge in [-0.15, -0.1) is 4.72 Å². The van der Waals surface area contributed by atoms with E-state index in [2.05, 4.69) is 9.71 Å². The molecule has 1 aromatic heterocycles. The number of hydrogen-bond acceptors (Lipinski definition) is 6. The Labute approximate surface area is 164 Å². The SMILES string of the molecule is COc1ccccc1C(=O)N1CCC2(CC1)CN[S+](=O)([O-])c1cccnc1O2. The smallest absolute Gasteiger partial charge is 0.272 e. The van der Waals surface area contributed by atoms with Crippen molar-refractivity contribution in [2.24, 2.45) is 0 Å². The van der Waals surface area contributed by atoms with Gasteiger partial charge in [-0.1, -0.05) is 16.3 Å². The second-order valence-corrected chi connectivity index (χ2v) is 8.64. The van der Waals surface area contributed by atoms with Crippen molar-refractivity contribution >= 4 is 16.3 Å². The predicted octanol–water partition coefficient (Wildman–Crippen LogP) is 1.65. The van der Waals surface area contributed by atoms with Gasteiger partial charge in [0, 0.05) is 38.2 Å². The Morgan fingerprint density at radius 2 is 2.04 bits per heavy atom. The van der Waals surface area contributed by atoms with Gasteiger partial charge >= 0.3 is 0 Å². The molecule has 1 amide bonds. The number of piperidine rings is 1. The van der Waals surface area contributed by atoms with E-state index < -0.39 is 16.0 Å². The number of nitrogens with one attached hydrogen (secondary N) is 1. The van der Waals surface area contributed by atoms with Crippen LogP contribution in [-0.2, 0) is 14.6 Å². The molecule has 1 fully saturated rings. The number of pyridine rings is 1. The van der Waals surface area contributed by atoms with Crippen molar-refractivity contribution in [3.05, 3.63) is 48.2 Å². The van der Waals surface area contributed by atoms with Crippen LogP contribution in [0.3, 0.4) is 0 Å². The average molecular weight is 403 g/mol. The van der Waals surface area contributed by atoms with Gasteiger partial charge in [0.05, 0.1) is 19.2 Å². The lowest BCUT2D eigenvalue weighted by Gasteiger charge is -2.40. The lowest BCUT2D eigenvalue weighted by atomic mass is 9.90. The van der Waals surface area contributed by atoms with Gasteiger partial charge in [0.1, 0.15) is 11.4 Å². The Balaban J connectivity index is 1.52. The van der Waals surface area contributed by atoms with E-state index in [1.165, 1.54) is 19.4 Å². The van der Waals surface area contributed by atoms with Gasteiger partial charge in [-0.25, -0.2) is 4.98 Å². The predicted molar refractivity (Wildman–Crippen MR) is 101 cm³/mol. The number of likely N-dealkylation sites (tertiary alicyclic amines) is 1. The first-order valence-electron chi connectivity index (χ1n) is 9.00. The molecule has 1 aromatic carbocycles. The zero-order valence-corrected chi connectivity index (χ0v) is 16.2. The first-order chi connectivity index (χ1) is 13.4. The molecule has 3 heterocycles. The third kappa shape index (κ3) is 3.36. The summed E-state index contributed by atoms with van der Waals surface area (Å²) in [4.78, 5) is 18.8. The van der Waals surface area contributed by atoms with E-state index in [9.17, 15) is 13.6 Å². The number of benzene rings is 1. The third-order valence-corrected chi connectivity index (χ3v) is 6.64. The highest BCUT2D eigenvalue weighted by atomic mass is 32.3. The summed E-state index contributed by atoms with van der Waals surface area (Å²) in [6.45, 7) is 1.03. The molecule has 0 aliphatic carbocycles. The van der Waals surface area contributed by atoms with Gasteiger partial charge in [0.15, 0.2) is 10.4 Å². The van der Waals surface area contributed by atoms with E-state index in [1.54, 1.807) is 29.2 Å². The van der Waals surface area contributed by atoms with Crippen molar-refractivity contribution in [1.29, 1.82) is 0 Å². The lowest BCUT2D eigenvalue weighted by molar-refractivity contribution is 0.00444. The third-order valence-electron chi connectivity index (χ3n) is 5.22. The van der Waals surface area contributed by atoms with Crippen LogP contribution in [0.25, 0.3) is 0 Å². The van der Waals surface area contributed by atoms with Crippen molar-refractivity contribution in [2.45, 2.75) is 23.3 Å². The van der Waals surface area contributed by atoms with Crippen molar-refractivity contribution in [1.82, 2.24) is 14.6 Å². The zero-order valence-electron chi connectivity index (χ0n) is 15.4. The summed E-state index contributed by atoms with van der Waals surface area (Å²) < 4.78 is 38.9. The minimum absolute atomic E-state index is 0.0411. The second kappa shape index (κ2) is 7.16. The topological polar surface area (TPSA) is 104 Å². The standard InChI is InChI=1S/C19H21N3O5S/c1-26-15-6-3-2-5-14(15)18(23)22-11-8-19(9-12-22)13-21-28(24,25)16-7-4-10-20-17(16)27-19/h2-7,10H,8-9,11-13H2,1H3,(H-,21,24,25). The first kappa shape index (κ1) is 18.9. The maximum absolute atomic E-state index is 12.9. The second-order valence-electron chi connectivity index (χ2n) is 6.91. The number of carbonyl (C=O) groups is 1. The first-order valence-corrected chi connectivity index (χ1v) is 10.5. The number of ether oxygens (including phenoxy) is 2. The lowest BCUT2D eigenvalue weighted by Crippen LogP contribution is -2.54. The number of fused-ring (bicyclic) bond motifs is 1. The van der Waals surface area contributed by atoms with Crippen LogP contribution in [0, 0.1) is 0 Å². The molecule has 2 aliphatic rings. The molecule has 1 unspecified atom stereocenters. The van der Waals surface area contributed by atoms with Crippen molar-refractivity contribution < 1.29 is 23.0 Å². The Hall–Kier alpha value is -2.49. The molecule has 1 saturated heterocycles. The number of amides is 1. The Kier molecular flexibility index (Phi) is 4.82. The average Bonchev–Trinajstić information content (AvgIpc) is 2.83. The number of methoxy groups -OCH3 is 1. The molecule has 8 nitrogen and oxygen atoms in total. The Morgan fingerprint density at radius 3 is 2.79 bits per heavy atom. The maximum atomic E-state index is 12.9. The maximum Gasteiger partial charge on any atom is 0.272 e. The summed E-state index contributed by atoms with van der Waals surface area (Å²) in [7, 11) is -2.14. The van der Waals surface area contributed by atoms with E-state index >= 15 is 0 Å². The van der Waals surface area contributed by atoms with Crippen LogP contribution in [0.2, 0.25) is 0 Å². The summed E-state index contributed by atoms with van der Waals surface area (Å²) in [6, 6.07) is 10.1. The molecule has 148 valence electrons. The summed E-state index contributed by atoms with van der Waals surface area (Å²) in [5.41, 5.74) is -0.222. The number of nitrogens with zero attached hydrogens (tertiary/aromatic N) is 2. The van der Waals surface area contributed by atoms with E-state index in [-0.39, 0.29) is 23.2 Å². The highest BCUT2D eigenvalue weighted by Gasteiger charge is 2.45. The molecular weight excluding hydrogens is 382 g/mol. The molecule has 1 spiro atoms. The molecule has 2 aromatic rings. The Morgan fingerprint density at radius 1 is 1.29 bits per heavy atom.